The normalized spacial score (nSPS) is 12.8. The average Bonchev–Trinajstić information content (AvgIpc) is 2.85. The summed E-state index contributed by atoms with van der Waals surface area (Å²) in [4.78, 5) is 3.88. The summed E-state index contributed by atoms with van der Waals surface area (Å²) < 4.78 is 35.7. The van der Waals surface area contributed by atoms with Crippen LogP contribution in [0.3, 0.4) is 0 Å². The van der Waals surface area contributed by atoms with Crippen molar-refractivity contribution in [1.82, 2.24) is 0 Å². The van der Waals surface area contributed by atoms with Gasteiger partial charge in [0.25, 0.3) is 0 Å². The van der Waals surface area contributed by atoms with Gasteiger partial charge in [0.05, 0.1) is 46.0 Å². The summed E-state index contributed by atoms with van der Waals surface area (Å²) in [5.74, 6) is 3.22. The van der Waals surface area contributed by atoms with Crippen molar-refractivity contribution in [2.24, 2.45) is 0 Å². The molecule has 0 radical (unpaired) electrons. The summed E-state index contributed by atoms with van der Waals surface area (Å²) in [6.45, 7) is 19.6. The van der Waals surface area contributed by atoms with Gasteiger partial charge in [0.1, 0.15) is 33.9 Å². The van der Waals surface area contributed by atoms with Gasteiger partial charge in [-0.1, -0.05) is 35.3 Å². The SMILES string of the molecule is CCOc1cc(SC(C)OCC)c(OCC)cc1Sc1cc(OCC)c(SC(C)OCC)cc1OCC. The molecule has 0 bridgehead atoms. The molecule has 2 aromatic carbocycles. The second-order valence-electron chi connectivity index (χ2n) is 7.61. The van der Waals surface area contributed by atoms with Crippen molar-refractivity contribution in [3.8, 4) is 23.0 Å². The summed E-state index contributed by atoms with van der Waals surface area (Å²) in [6.07, 6.45) is 0. The van der Waals surface area contributed by atoms with Crippen molar-refractivity contribution in [3.63, 3.8) is 0 Å². The van der Waals surface area contributed by atoms with Crippen LogP contribution in [0, 0.1) is 0 Å². The van der Waals surface area contributed by atoms with Crippen LogP contribution in [-0.2, 0) is 9.47 Å². The first-order valence-corrected chi connectivity index (χ1v) is 15.6. The summed E-state index contributed by atoms with van der Waals surface area (Å²) in [7, 11) is 0. The van der Waals surface area contributed by atoms with Crippen LogP contribution >= 0.6 is 35.3 Å². The van der Waals surface area contributed by atoms with Crippen LogP contribution in [0.25, 0.3) is 0 Å². The minimum absolute atomic E-state index is 0.000354. The third-order valence-corrected chi connectivity index (χ3v) is 7.99. The van der Waals surface area contributed by atoms with Gasteiger partial charge in [-0.15, -0.1) is 0 Å². The highest BCUT2D eigenvalue weighted by Gasteiger charge is 2.20. The Morgan fingerprint density at radius 2 is 0.784 bits per heavy atom. The van der Waals surface area contributed by atoms with Crippen LogP contribution in [0.5, 0.6) is 23.0 Å². The molecule has 9 heteroatoms. The zero-order valence-corrected chi connectivity index (χ0v) is 25.8. The Morgan fingerprint density at radius 3 is 1.08 bits per heavy atom. The fraction of sp³-hybridized carbons (Fsp3) is 0.571. The topological polar surface area (TPSA) is 55.4 Å². The summed E-state index contributed by atoms with van der Waals surface area (Å²) in [5, 5.41) is 0. The Balaban J connectivity index is 2.54. The predicted octanol–water partition coefficient (Wildman–Crippen LogP) is 8.38. The molecule has 0 fully saturated rings. The Hall–Kier alpha value is -1.39. The zero-order valence-electron chi connectivity index (χ0n) is 23.4. The van der Waals surface area contributed by atoms with Gasteiger partial charge in [-0.2, -0.15) is 0 Å². The van der Waals surface area contributed by atoms with E-state index in [-0.39, 0.29) is 10.9 Å². The van der Waals surface area contributed by atoms with Crippen molar-refractivity contribution < 1.29 is 28.4 Å². The lowest BCUT2D eigenvalue weighted by Gasteiger charge is -2.20. The third-order valence-electron chi connectivity index (χ3n) is 4.83. The molecule has 0 aliphatic heterocycles. The van der Waals surface area contributed by atoms with Gasteiger partial charge in [0, 0.05) is 13.2 Å². The highest BCUT2D eigenvalue weighted by atomic mass is 32.2. The summed E-state index contributed by atoms with van der Waals surface area (Å²) in [6, 6.07) is 8.20. The predicted molar refractivity (Wildman–Crippen MR) is 156 cm³/mol. The smallest absolute Gasteiger partial charge is 0.134 e. The standard InChI is InChI=1S/C28H42O6S3/c1-9-29-19(7)35-25-15-23(33-13-5)27(17-21(25)31-11-3)37-28-18-22(32-12-4)26(16-24(28)34-14-6)36-20(8)30-10-2/h15-20H,9-14H2,1-8H3. The van der Waals surface area contributed by atoms with Gasteiger partial charge < -0.3 is 28.4 Å². The van der Waals surface area contributed by atoms with E-state index in [0.29, 0.717) is 39.6 Å². The van der Waals surface area contributed by atoms with Crippen LogP contribution < -0.4 is 18.9 Å². The number of hydrogen-bond donors (Lipinski definition) is 0. The second-order valence-corrected chi connectivity index (χ2v) is 11.4. The van der Waals surface area contributed by atoms with E-state index in [1.165, 1.54) is 0 Å². The molecule has 37 heavy (non-hydrogen) atoms. The number of thioether (sulfide) groups is 2. The molecule has 6 nitrogen and oxygen atoms in total. The quantitative estimate of drug-likeness (QED) is 0.130. The van der Waals surface area contributed by atoms with E-state index in [9.17, 15) is 0 Å². The lowest BCUT2D eigenvalue weighted by molar-refractivity contribution is 0.137. The largest absolute Gasteiger partial charge is 0.493 e. The van der Waals surface area contributed by atoms with Crippen LogP contribution in [0.4, 0.5) is 0 Å². The second kappa shape index (κ2) is 17.2. The molecule has 2 aromatic rings. The first-order valence-electron chi connectivity index (χ1n) is 13.0. The zero-order chi connectivity index (χ0) is 27.2. The van der Waals surface area contributed by atoms with Crippen molar-refractivity contribution in [2.75, 3.05) is 39.6 Å². The Bertz CT molecular complexity index is 881. The van der Waals surface area contributed by atoms with Crippen molar-refractivity contribution in [1.29, 1.82) is 0 Å². The molecule has 2 unspecified atom stereocenters. The number of rotatable bonds is 18. The van der Waals surface area contributed by atoms with E-state index in [4.69, 9.17) is 28.4 Å². The molecular formula is C28H42O6S3. The molecule has 0 spiro atoms. The van der Waals surface area contributed by atoms with Gasteiger partial charge in [0.2, 0.25) is 0 Å². The van der Waals surface area contributed by atoms with E-state index in [0.717, 1.165) is 42.6 Å². The molecule has 208 valence electrons. The van der Waals surface area contributed by atoms with Crippen LogP contribution in [-0.4, -0.2) is 50.5 Å². The molecular weight excluding hydrogens is 529 g/mol. The van der Waals surface area contributed by atoms with E-state index in [2.05, 4.69) is 24.3 Å². The van der Waals surface area contributed by atoms with Crippen molar-refractivity contribution in [2.45, 2.75) is 85.8 Å². The van der Waals surface area contributed by atoms with E-state index < -0.39 is 0 Å². The minimum atomic E-state index is -0.000354. The first-order chi connectivity index (χ1) is 17.9. The van der Waals surface area contributed by atoms with Gasteiger partial charge in [-0.25, -0.2) is 0 Å². The molecule has 2 rings (SSSR count). The molecule has 2 atom stereocenters. The molecule has 0 aliphatic carbocycles. The van der Waals surface area contributed by atoms with Crippen molar-refractivity contribution >= 4 is 35.3 Å². The van der Waals surface area contributed by atoms with Gasteiger partial charge in [-0.3, -0.25) is 0 Å². The van der Waals surface area contributed by atoms with Gasteiger partial charge in [0.15, 0.2) is 0 Å². The van der Waals surface area contributed by atoms with Crippen molar-refractivity contribution in [3.05, 3.63) is 24.3 Å². The van der Waals surface area contributed by atoms with Gasteiger partial charge >= 0.3 is 0 Å². The maximum absolute atomic E-state index is 6.08. The maximum atomic E-state index is 6.08. The summed E-state index contributed by atoms with van der Waals surface area (Å²) in [5.41, 5.74) is -0.000709. The fourth-order valence-corrected chi connectivity index (χ4v) is 6.42. The van der Waals surface area contributed by atoms with Crippen LogP contribution in [0.1, 0.15) is 55.4 Å². The number of ether oxygens (including phenoxy) is 6. The van der Waals surface area contributed by atoms with E-state index >= 15 is 0 Å². The molecule has 0 saturated heterocycles. The van der Waals surface area contributed by atoms with Crippen LogP contribution in [0.15, 0.2) is 43.8 Å². The highest BCUT2D eigenvalue weighted by molar-refractivity contribution is 8.00. The van der Waals surface area contributed by atoms with E-state index in [1.807, 2.05) is 55.4 Å². The maximum Gasteiger partial charge on any atom is 0.134 e. The molecule has 0 aromatic heterocycles. The van der Waals surface area contributed by atoms with Crippen LogP contribution in [0.2, 0.25) is 0 Å². The Morgan fingerprint density at radius 1 is 0.486 bits per heavy atom. The molecule has 0 heterocycles. The Kier molecular flexibility index (Phi) is 14.8. The highest BCUT2D eigenvalue weighted by Crippen LogP contribution is 2.48. The fourth-order valence-electron chi connectivity index (χ4n) is 3.48. The average molecular weight is 571 g/mol. The molecule has 0 amide bonds. The van der Waals surface area contributed by atoms with E-state index in [1.54, 1.807) is 35.3 Å². The molecule has 0 N–H and O–H groups in total. The monoisotopic (exact) mass is 570 g/mol. The van der Waals surface area contributed by atoms with Gasteiger partial charge in [-0.05, 0) is 79.7 Å². The molecule has 0 aliphatic rings. The lowest BCUT2D eigenvalue weighted by Crippen LogP contribution is -2.05. The minimum Gasteiger partial charge on any atom is -0.493 e. The number of benzene rings is 2. The Labute approximate surface area is 235 Å². The molecule has 0 saturated carbocycles. The lowest BCUT2D eigenvalue weighted by atomic mass is 10.3. The summed E-state index contributed by atoms with van der Waals surface area (Å²) >= 11 is 4.84. The number of hydrogen-bond acceptors (Lipinski definition) is 9. The first kappa shape index (κ1) is 31.8. The third kappa shape index (κ3) is 10.0.